The van der Waals surface area contributed by atoms with E-state index in [2.05, 4.69) is 146 Å². The summed E-state index contributed by atoms with van der Waals surface area (Å²) in [5, 5.41) is 13.0. The van der Waals surface area contributed by atoms with Crippen LogP contribution in [-0.2, 0) is 129 Å². The molecule has 0 saturated heterocycles. The van der Waals surface area contributed by atoms with Crippen molar-refractivity contribution >= 4 is 105 Å². The van der Waals surface area contributed by atoms with Gasteiger partial charge in [0.05, 0.1) is 30.3 Å². The van der Waals surface area contributed by atoms with Gasteiger partial charge in [0.1, 0.15) is 40.4 Å². The van der Waals surface area contributed by atoms with Crippen LogP contribution in [0.1, 0.15) is 76.9 Å². The molecule has 5 radical (unpaired) electrons. The van der Waals surface area contributed by atoms with Crippen molar-refractivity contribution in [1.82, 2.24) is 34.9 Å². The van der Waals surface area contributed by atoms with Crippen molar-refractivity contribution in [3.8, 4) is 66.2 Å². The molecule has 0 fully saturated rings. The molecule has 0 aliphatic heterocycles. The van der Waals surface area contributed by atoms with Crippen LogP contribution in [0.15, 0.2) is 322 Å². The zero-order valence-electron chi connectivity index (χ0n) is 67.9. The average molecular weight is 2570 g/mol. The van der Waals surface area contributed by atoms with E-state index in [1.807, 2.05) is 176 Å². The Balaban J connectivity index is 0.000000360. The number of rotatable bonds is 13. The van der Waals surface area contributed by atoms with Gasteiger partial charge >= 0.3 is 5.97 Å². The van der Waals surface area contributed by atoms with E-state index in [0.29, 0.717) is 5.69 Å². The van der Waals surface area contributed by atoms with Gasteiger partial charge in [-0.1, -0.05) is 145 Å². The van der Waals surface area contributed by atoms with E-state index in [9.17, 15) is 42.3 Å². The first kappa shape index (κ1) is 107. The number of hydrogen-bond donors (Lipinski definition) is 1. The Kier molecular flexibility index (Phi) is 50.8. The number of carboxylic acids is 1. The SMILES string of the molecule is CC(=O)CC(C)=O.CC(=O)CC(C)=O.CC(=O)CC(C)=O.Cc1cc(-c2[c-]cccc2)nc2ccccc12.Fc1c[c-]c(-c2ccccn2)c(F)c1.O=C(O)c1ccccn1.[Ir].[Ir].[Ir].[Ir].[Ir].[c-]1c(-c2ccc3ccccc3n2)sc2ccccc12.[c-]1c(-c2ccccn2)sc2ccccc12.[c-]1ccccc1-c1ccccn1.[c-]1ccccc1-c1ccccn1. The van der Waals surface area contributed by atoms with Crippen molar-refractivity contribution in [2.75, 3.05) is 0 Å². The molecule has 124 heavy (non-hydrogen) atoms. The molecule has 24 heteroatoms. The molecule has 17 rings (SSSR count). The molecule has 9 heterocycles. The number of halogens is 2. The summed E-state index contributed by atoms with van der Waals surface area (Å²) in [7, 11) is 0. The second kappa shape index (κ2) is 58.8. The molecule has 0 spiro atoms. The Morgan fingerprint density at radius 2 is 0.726 bits per heavy atom. The minimum absolute atomic E-state index is 0. The molecule has 9 aromatic heterocycles. The number of aromatic carboxylic acids is 1. The van der Waals surface area contributed by atoms with Crippen LogP contribution in [0, 0.1) is 55.0 Å². The van der Waals surface area contributed by atoms with E-state index in [-0.39, 0.29) is 166 Å². The second-order valence-corrected chi connectivity index (χ2v) is 27.9. The summed E-state index contributed by atoms with van der Waals surface area (Å²) in [4.78, 5) is 102. The predicted octanol–water partition coefficient (Wildman–Crippen LogP) is 23.0. The maximum atomic E-state index is 13.2. The standard InChI is InChI=1S/C17H10NS.C16H12N.C13H8NS.C11H6F2N.2C11H8N.C6H5NO2.3C5H8O2.5Ir/c1-3-7-14-12(5-1)9-10-15(18-14)17-11-13-6-2-4-8-16(13)19-17;1-12-11-16(13-7-3-2-4-8-13)17-15-10-6-5-9-14(12)15;1-2-7-12-10(5-1)9-13(15-12)11-6-3-4-8-14-11;12-8-4-5-9(10(13)7-8)11-3-1-2-6-14-11;2*1-2-6-10(7-3-1)11-8-4-5-9-12-11;8-6(9)5-3-1-2-4-7-5;3*1-4(6)3-5(2)7;;;;;/h1-10H;2-7,9-11H,1H3;1-8H;1-4,6-7H;2*1-6,8-9H;1-4H,(H,8,9);3*3H2,1-2H3;;;;;/q6*-1;;;;;;;;;. The number of pyridine rings is 7. The summed E-state index contributed by atoms with van der Waals surface area (Å²) in [6.07, 6.45) is 8.63. The van der Waals surface area contributed by atoms with E-state index >= 15 is 0 Å². The first-order valence-corrected chi connectivity index (χ1v) is 38.8. The van der Waals surface area contributed by atoms with E-state index in [1.165, 1.54) is 84.9 Å². The summed E-state index contributed by atoms with van der Waals surface area (Å²) in [6.45, 7) is 10.5. The third-order valence-corrected chi connectivity index (χ3v) is 18.0. The first-order chi connectivity index (χ1) is 57.6. The number of carbonyl (C=O) groups is 7. The van der Waals surface area contributed by atoms with Crippen LogP contribution < -0.4 is 0 Å². The number of aryl methyl sites for hydroxylation is 1. The molecule has 1 N–H and O–H groups in total. The van der Waals surface area contributed by atoms with Gasteiger partial charge in [-0.2, -0.15) is 0 Å². The van der Waals surface area contributed by atoms with Gasteiger partial charge in [-0.05, 0) is 150 Å². The fraction of sp³-hybridized carbons (Fsp3) is 0.100. The molecule has 0 bridgehead atoms. The van der Waals surface area contributed by atoms with Crippen LogP contribution in [0.4, 0.5) is 8.78 Å². The van der Waals surface area contributed by atoms with Crippen molar-refractivity contribution in [3.05, 3.63) is 381 Å². The number of para-hydroxylation sites is 2. The molecule has 0 saturated carbocycles. The van der Waals surface area contributed by atoms with Gasteiger partial charge in [-0.25, -0.2) is 32.5 Å². The first-order valence-electron chi connectivity index (χ1n) is 37.1. The molecular formula is C100H81F2Ir5N7O8S2-6. The molecule has 17 aromatic rings. The Morgan fingerprint density at radius 3 is 1.11 bits per heavy atom. The van der Waals surface area contributed by atoms with Gasteiger partial charge in [0, 0.05) is 160 Å². The van der Waals surface area contributed by atoms with Crippen molar-refractivity contribution in [1.29, 1.82) is 0 Å². The molecule has 0 amide bonds. The van der Waals surface area contributed by atoms with Crippen LogP contribution in [0.5, 0.6) is 0 Å². The van der Waals surface area contributed by atoms with Gasteiger partial charge in [0.15, 0.2) is 0 Å². The number of Topliss-reactive ketones (excluding diaryl/α,β-unsaturated/α-hetero) is 6. The fourth-order valence-electron chi connectivity index (χ4n) is 10.6. The summed E-state index contributed by atoms with van der Waals surface area (Å²) in [5.74, 6) is -2.65. The third kappa shape index (κ3) is 38.3. The number of carboxylic acid groups (broad SMARTS) is 1. The van der Waals surface area contributed by atoms with Crippen molar-refractivity contribution in [3.63, 3.8) is 0 Å². The van der Waals surface area contributed by atoms with Crippen LogP contribution in [0.3, 0.4) is 0 Å². The molecular weight excluding hydrogens is 2490 g/mol. The van der Waals surface area contributed by atoms with Crippen LogP contribution in [-0.4, -0.2) is 80.7 Å². The number of nitrogens with zero attached hydrogens (tertiary/aromatic N) is 7. The summed E-state index contributed by atoms with van der Waals surface area (Å²) >= 11 is 3.47. The molecule has 0 unspecified atom stereocenters. The van der Waals surface area contributed by atoms with Gasteiger partial charge in [0.2, 0.25) is 0 Å². The Labute approximate surface area is 796 Å². The number of hydrogen-bond acceptors (Lipinski definition) is 16. The molecule has 0 atom stereocenters. The van der Waals surface area contributed by atoms with Crippen LogP contribution >= 0.6 is 22.7 Å². The smallest absolute Gasteiger partial charge is 0.354 e. The summed E-state index contributed by atoms with van der Waals surface area (Å²) < 4.78 is 28.3. The molecule has 15 nitrogen and oxygen atoms in total. The number of ketones is 6. The van der Waals surface area contributed by atoms with E-state index < -0.39 is 17.6 Å². The minimum Gasteiger partial charge on any atom is -0.477 e. The normalized spacial score (nSPS) is 9.52. The second-order valence-electron chi connectivity index (χ2n) is 25.8. The monoisotopic (exact) mass is 2570 g/mol. The van der Waals surface area contributed by atoms with Crippen molar-refractivity contribution in [2.24, 2.45) is 0 Å². The van der Waals surface area contributed by atoms with Gasteiger partial charge in [-0.15, -0.1) is 167 Å². The molecule has 641 valence electrons. The van der Waals surface area contributed by atoms with E-state index in [0.717, 1.165) is 83.5 Å². The van der Waals surface area contributed by atoms with E-state index in [4.69, 9.17) is 10.1 Å². The maximum absolute atomic E-state index is 13.2. The van der Waals surface area contributed by atoms with Gasteiger partial charge in [0.25, 0.3) is 0 Å². The molecule has 8 aromatic carbocycles. The number of carbonyl (C=O) groups excluding carboxylic acids is 6. The zero-order valence-corrected chi connectivity index (χ0v) is 81.5. The zero-order chi connectivity index (χ0) is 85.1. The Morgan fingerprint density at radius 1 is 0.355 bits per heavy atom. The number of benzene rings is 8. The molecule has 0 aliphatic rings. The number of fused-ring (bicyclic) bond motifs is 4. The van der Waals surface area contributed by atoms with Crippen molar-refractivity contribution in [2.45, 2.75) is 67.7 Å². The van der Waals surface area contributed by atoms with Gasteiger partial charge in [-0.3, -0.25) is 47.5 Å². The quantitative estimate of drug-likeness (QED) is 0.0836. The topological polar surface area (TPSA) is 230 Å². The van der Waals surface area contributed by atoms with Gasteiger partial charge < -0.3 is 25.0 Å². The third-order valence-electron chi connectivity index (χ3n) is 15.8. The summed E-state index contributed by atoms with van der Waals surface area (Å²) in [6, 6.07) is 111. The number of aromatic nitrogens is 7. The molecule has 0 aliphatic carbocycles. The fourth-order valence-corrected chi connectivity index (χ4v) is 12.6. The van der Waals surface area contributed by atoms with Crippen molar-refractivity contribution < 1.29 is 148 Å². The minimum atomic E-state index is -0.990. The Bertz CT molecular complexity index is 5770. The maximum Gasteiger partial charge on any atom is 0.354 e. The largest absolute Gasteiger partial charge is 0.477 e. The average Bonchev–Trinajstić information content (AvgIpc) is 1.18. The van der Waals surface area contributed by atoms with Crippen LogP contribution in [0.25, 0.3) is 108 Å². The Hall–Kier alpha value is -11.2. The number of thiophene rings is 2. The van der Waals surface area contributed by atoms with E-state index in [1.54, 1.807) is 71.6 Å². The van der Waals surface area contributed by atoms with Crippen LogP contribution in [0.2, 0.25) is 0 Å². The predicted molar refractivity (Wildman–Crippen MR) is 471 cm³/mol. The summed E-state index contributed by atoms with van der Waals surface area (Å²) in [5.41, 5.74) is 12.1.